The van der Waals surface area contributed by atoms with Gasteiger partial charge in [-0.1, -0.05) is 54.3 Å². The third-order valence-corrected chi connectivity index (χ3v) is 4.12. The summed E-state index contributed by atoms with van der Waals surface area (Å²) in [4.78, 5) is 23.2. The molecule has 0 saturated carbocycles. The maximum Gasteiger partial charge on any atom is 0.337 e. The van der Waals surface area contributed by atoms with Gasteiger partial charge in [-0.3, -0.25) is 4.79 Å². The number of nitrogens with one attached hydrogen (secondary N) is 1. The van der Waals surface area contributed by atoms with Crippen LogP contribution in [0.3, 0.4) is 0 Å². The molecule has 0 fully saturated rings. The summed E-state index contributed by atoms with van der Waals surface area (Å²) in [6, 6.07) is 20.6. The van der Waals surface area contributed by atoms with E-state index in [1.165, 1.54) is 11.5 Å². The van der Waals surface area contributed by atoms with Gasteiger partial charge in [0.25, 0.3) is 0 Å². The number of hydrogen-bond donors (Lipinski definition) is 2. The number of fused-ring (bicyclic) bond motifs is 1. The fourth-order valence-electron chi connectivity index (χ4n) is 2.76. The number of benzene rings is 3. The number of aromatic carboxylic acids is 1. The maximum absolute atomic E-state index is 12.0. The number of carboxylic acid groups (broad SMARTS) is 1. The Kier molecular flexibility index (Phi) is 5.86. The second-order valence-corrected chi connectivity index (χ2v) is 6.12. The molecule has 0 radical (unpaired) electrons. The predicted molar refractivity (Wildman–Crippen MR) is 107 cm³/mol. The molecule has 0 heterocycles. The van der Waals surface area contributed by atoms with Gasteiger partial charge in [-0.2, -0.15) is 0 Å². The van der Waals surface area contributed by atoms with Gasteiger partial charge in [0.1, 0.15) is 0 Å². The van der Waals surface area contributed by atoms with E-state index in [9.17, 15) is 9.59 Å². The second-order valence-electron chi connectivity index (χ2n) is 6.12. The summed E-state index contributed by atoms with van der Waals surface area (Å²) >= 11 is 0. The monoisotopic (exact) mass is 357 g/mol. The standard InChI is InChI=1S/C23H19NO3/c25-22(24-21-12-7-6-11-20(21)23(26)27)13-3-1-2-8-17-14-15-18-9-4-5-10-19(18)16-17/h4-7,9-12,14-16H,1,3,13H2,(H,24,25)(H,26,27). The third-order valence-electron chi connectivity index (χ3n) is 4.12. The number of para-hydroxylation sites is 1. The van der Waals surface area contributed by atoms with E-state index in [1.54, 1.807) is 18.2 Å². The van der Waals surface area contributed by atoms with E-state index in [1.807, 2.05) is 24.3 Å². The van der Waals surface area contributed by atoms with E-state index in [0.29, 0.717) is 24.9 Å². The van der Waals surface area contributed by atoms with Crippen molar-refractivity contribution in [3.63, 3.8) is 0 Å². The zero-order valence-corrected chi connectivity index (χ0v) is 14.7. The quantitative estimate of drug-likeness (QED) is 0.514. The van der Waals surface area contributed by atoms with E-state index in [0.717, 1.165) is 10.9 Å². The van der Waals surface area contributed by atoms with Crippen molar-refractivity contribution in [2.45, 2.75) is 19.3 Å². The smallest absolute Gasteiger partial charge is 0.337 e. The molecule has 3 aromatic carbocycles. The summed E-state index contributed by atoms with van der Waals surface area (Å²) in [5, 5.41) is 14.1. The zero-order valence-electron chi connectivity index (χ0n) is 14.7. The highest BCUT2D eigenvalue weighted by molar-refractivity contribution is 6.00. The largest absolute Gasteiger partial charge is 0.478 e. The number of rotatable bonds is 5. The molecule has 2 N–H and O–H groups in total. The fourth-order valence-corrected chi connectivity index (χ4v) is 2.76. The van der Waals surface area contributed by atoms with Crippen LogP contribution < -0.4 is 5.32 Å². The van der Waals surface area contributed by atoms with E-state index in [2.05, 4.69) is 35.4 Å². The summed E-state index contributed by atoms with van der Waals surface area (Å²) < 4.78 is 0. The summed E-state index contributed by atoms with van der Waals surface area (Å²) in [7, 11) is 0. The highest BCUT2D eigenvalue weighted by Gasteiger charge is 2.11. The number of unbranched alkanes of at least 4 members (excludes halogenated alkanes) is 1. The Morgan fingerprint density at radius 1 is 0.926 bits per heavy atom. The van der Waals surface area contributed by atoms with Crippen LogP contribution in [0.2, 0.25) is 0 Å². The first-order valence-corrected chi connectivity index (χ1v) is 8.73. The molecule has 27 heavy (non-hydrogen) atoms. The first kappa shape index (κ1) is 18.2. The fraction of sp³-hybridized carbons (Fsp3) is 0.130. The van der Waals surface area contributed by atoms with Crippen molar-refractivity contribution in [1.82, 2.24) is 0 Å². The van der Waals surface area contributed by atoms with E-state index in [-0.39, 0.29) is 11.5 Å². The Hall–Kier alpha value is -3.58. The SMILES string of the molecule is O=C(CCCC#Cc1ccc2ccccc2c1)Nc1ccccc1C(=O)O. The molecule has 1 amide bonds. The minimum absolute atomic E-state index is 0.0851. The highest BCUT2D eigenvalue weighted by Crippen LogP contribution is 2.16. The van der Waals surface area contributed by atoms with Gasteiger partial charge in [0.2, 0.25) is 5.91 Å². The van der Waals surface area contributed by atoms with Gasteiger partial charge in [0.15, 0.2) is 0 Å². The average Bonchev–Trinajstić information content (AvgIpc) is 2.68. The lowest BCUT2D eigenvalue weighted by Crippen LogP contribution is -2.14. The third kappa shape index (κ3) is 4.96. The molecule has 4 heteroatoms. The van der Waals surface area contributed by atoms with Gasteiger partial charge in [0, 0.05) is 18.4 Å². The molecule has 0 unspecified atom stereocenters. The number of carbonyl (C=O) groups is 2. The van der Waals surface area contributed by atoms with Crippen LogP contribution in [0.5, 0.6) is 0 Å². The van der Waals surface area contributed by atoms with Crippen LogP contribution >= 0.6 is 0 Å². The van der Waals surface area contributed by atoms with Crippen molar-refractivity contribution < 1.29 is 14.7 Å². The van der Waals surface area contributed by atoms with Gasteiger partial charge in [0.05, 0.1) is 11.3 Å². The lowest BCUT2D eigenvalue weighted by Gasteiger charge is -2.07. The van der Waals surface area contributed by atoms with Crippen LogP contribution in [0.15, 0.2) is 66.7 Å². The van der Waals surface area contributed by atoms with E-state index in [4.69, 9.17) is 5.11 Å². The van der Waals surface area contributed by atoms with Crippen molar-refractivity contribution in [1.29, 1.82) is 0 Å². The topological polar surface area (TPSA) is 66.4 Å². The maximum atomic E-state index is 12.0. The molecule has 0 aliphatic heterocycles. The Labute approximate surface area is 157 Å². The van der Waals surface area contributed by atoms with Gasteiger partial charge < -0.3 is 10.4 Å². The molecule has 0 aliphatic rings. The lowest BCUT2D eigenvalue weighted by atomic mass is 10.1. The van der Waals surface area contributed by atoms with Crippen molar-refractivity contribution >= 4 is 28.3 Å². The average molecular weight is 357 g/mol. The molecule has 0 spiro atoms. The number of hydrogen-bond acceptors (Lipinski definition) is 2. The molecule has 3 rings (SSSR count). The normalized spacial score (nSPS) is 10.1. The van der Waals surface area contributed by atoms with Crippen molar-refractivity contribution in [2.75, 3.05) is 5.32 Å². The van der Waals surface area contributed by atoms with Crippen LogP contribution in [0.25, 0.3) is 10.8 Å². The number of amides is 1. The summed E-state index contributed by atoms with van der Waals surface area (Å²) in [5.74, 6) is 4.94. The first-order valence-electron chi connectivity index (χ1n) is 8.73. The van der Waals surface area contributed by atoms with Gasteiger partial charge in [-0.25, -0.2) is 4.79 Å². The Bertz CT molecular complexity index is 1040. The van der Waals surface area contributed by atoms with E-state index >= 15 is 0 Å². The molecule has 0 saturated heterocycles. The molecule has 3 aromatic rings. The number of carboxylic acids is 1. The Balaban J connectivity index is 1.51. The molecule has 0 aliphatic carbocycles. The van der Waals surface area contributed by atoms with Crippen LogP contribution in [0.1, 0.15) is 35.2 Å². The molecule has 0 atom stereocenters. The minimum atomic E-state index is -1.06. The molecule has 0 bridgehead atoms. The lowest BCUT2D eigenvalue weighted by molar-refractivity contribution is -0.116. The number of anilines is 1. The Morgan fingerprint density at radius 3 is 2.48 bits per heavy atom. The minimum Gasteiger partial charge on any atom is -0.478 e. The predicted octanol–water partition coefficient (Wildman–Crippen LogP) is 4.70. The van der Waals surface area contributed by atoms with E-state index < -0.39 is 5.97 Å². The van der Waals surface area contributed by atoms with Gasteiger partial charge in [-0.05, 0) is 41.5 Å². The first-order chi connectivity index (χ1) is 13.1. The van der Waals surface area contributed by atoms with Crippen molar-refractivity contribution in [3.05, 3.63) is 77.9 Å². The summed E-state index contributed by atoms with van der Waals surface area (Å²) in [5.41, 5.74) is 1.35. The highest BCUT2D eigenvalue weighted by atomic mass is 16.4. The molecule has 4 nitrogen and oxygen atoms in total. The molecular formula is C23H19NO3. The van der Waals surface area contributed by atoms with Crippen LogP contribution in [0.4, 0.5) is 5.69 Å². The molecule has 134 valence electrons. The summed E-state index contributed by atoms with van der Waals surface area (Å²) in [6.07, 6.45) is 1.50. The Morgan fingerprint density at radius 2 is 1.67 bits per heavy atom. The van der Waals surface area contributed by atoms with Gasteiger partial charge >= 0.3 is 5.97 Å². The van der Waals surface area contributed by atoms with Crippen LogP contribution in [-0.4, -0.2) is 17.0 Å². The van der Waals surface area contributed by atoms with Crippen LogP contribution in [-0.2, 0) is 4.79 Å². The van der Waals surface area contributed by atoms with Gasteiger partial charge in [-0.15, -0.1) is 0 Å². The molecule has 0 aromatic heterocycles. The zero-order chi connectivity index (χ0) is 19.1. The number of carbonyl (C=O) groups excluding carboxylic acids is 1. The second kappa shape index (κ2) is 8.68. The summed E-state index contributed by atoms with van der Waals surface area (Å²) in [6.45, 7) is 0. The van der Waals surface area contributed by atoms with Crippen molar-refractivity contribution in [2.24, 2.45) is 0 Å². The van der Waals surface area contributed by atoms with Crippen LogP contribution in [0, 0.1) is 11.8 Å². The molecular weight excluding hydrogens is 338 g/mol. The van der Waals surface area contributed by atoms with Crippen molar-refractivity contribution in [3.8, 4) is 11.8 Å².